The topological polar surface area (TPSA) is 15.3 Å². The highest BCUT2D eigenvalue weighted by Gasteiger charge is 2.36. The zero-order valence-electron chi connectivity index (χ0n) is 23.1. The summed E-state index contributed by atoms with van der Waals surface area (Å²) in [5, 5.41) is 8.63. The highest BCUT2D eigenvalue weighted by Crippen LogP contribution is 2.53. The fourth-order valence-electron chi connectivity index (χ4n) is 6.15. The summed E-state index contributed by atoms with van der Waals surface area (Å²) in [7, 11) is 2.15. The summed E-state index contributed by atoms with van der Waals surface area (Å²) in [6.45, 7) is 10.9. The fourth-order valence-corrected chi connectivity index (χ4v) is 6.15. The van der Waals surface area contributed by atoms with Gasteiger partial charge in [0.1, 0.15) is 0 Å². The molecule has 5 aromatic rings. The first-order valence-electron chi connectivity index (χ1n) is 13.6. The Bertz CT molecular complexity index is 1790. The van der Waals surface area contributed by atoms with Crippen molar-refractivity contribution in [2.75, 3.05) is 17.3 Å². The van der Waals surface area contributed by atoms with Crippen LogP contribution < -0.4 is 10.2 Å². The van der Waals surface area contributed by atoms with Gasteiger partial charge in [0.2, 0.25) is 0 Å². The van der Waals surface area contributed by atoms with Crippen LogP contribution in [0.4, 0.5) is 17.1 Å². The molecule has 192 valence electrons. The lowest BCUT2D eigenvalue weighted by molar-refractivity contribution is 0.661. The van der Waals surface area contributed by atoms with Crippen LogP contribution in [0.25, 0.3) is 32.7 Å². The highest BCUT2D eigenvalue weighted by molar-refractivity contribution is 6.22. The van der Waals surface area contributed by atoms with Crippen LogP contribution in [-0.2, 0) is 5.41 Å². The molecule has 1 aliphatic carbocycles. The molecule has 2 heteroatoms. The Morgan fingerprint density at radius 2 is 1.46 bits per heavy atom. The van der Waals surface area contributed by atoms with Gasteiger partial charge in [0, 0.05) is 45.4 Å². The monoisotopic (exact) mass is 506 g/mol. The Kier molecular flexibility index (Phi) is 6.12. The number of para-hydroxylation sites is 1. The Morgan fingerprint density at radius 3 is 2.21 bits per heavy atom. The average Bonchev–Trinajstić information content (AvgIpc) is 3.19. The molecule has 0 spiro atoms. The fraction of sp³-hybridized carbons (Fsp3) is 0.135. The standard InChI is InChI=1S/C37H34N2/c1-6-8-18-26(7-2)39(5)36-29-21-13-12-20-28(29)35(38-25-16-10-9-11-17-25)31-24-34-30(23-32(31)36)27-19-14-15-22-33(27)37(34,3)4/h6-24,38H,2H2,1,3-5H3/b8-6-,26-18+. The van der Waals surface area contributed by atoms with E-state index in [2.05, 4.69) is 141 Å². The van der Waals surface area contributed by atoms with Gasteiger partial charge in [-0.2, -0.15) is 0 Å². The van der Waals surface area contributed by atoms with Gasteiger partial charge in [0.15, 0.2) is 0 Å². The molecule has 0 aromatic heterocycles. The lowest BCUT2D eigenvalue weighted by atomic mass is 9.81. The molecule has 0 saturated heterocycles. The number of nitrogens with zero attached hydrogens (tertiary/aromatic N) is 1. The summed E-state index contributed by atoms with van der Waals surface area (Å²) in [5.41, 5.74) is 9.74. The minimum Gasteiger partial charge on any atom is -0.355 e. The number of fused-ring (bicyclic) bond motifs is 5. The van der Waals surface area contributed by atoms with Gasteiger partial charge in [-0.25, -0.2) is 0 Å². The minimum atomic E-state index is -0.0834. The van der Waals surface area contributed by atoms with Gasteiger partial charge in [0.25, 0.3) is 0 Å². The van der Waals surface area contributed by atoms with E-state index in [0.29, 0.717) is 0 Å². The average molecular weight is 507 g/mol. The molecule has 0 radical (unpaired) electrons. The molecule has 0 aliphatic heterocycles. The van der Waals surface area contributed by atoms with Crippen LogP contribution >= 0.6 is 0 Å². The summed E-state index contributed by atoms with van der Waals surface area (Å²) >= 11 is 0. The Labute approximate surface area is 231 Å². The summed E-state index contributed by atoms with van der Waals surface area (Å²) in [6.07, 6.45) is 8.17. The number of nitrogens with one attached hydrogen (secondary N) is 1. The molecular weight excluding hydrogens is 472 g/mol. The zero-order valence-corrected chi connectivity index (χ0v) is 23.1. The SMILES string of the molecule is C=C/C(=C\C=C/C)N(C)c1c2ccccc2c(Nc2ccccc2)c2cc3c(cc12)-c1ccccc1C3(C)C. The molecule has 0 saturated carbocycles. The first-order chi connectivity index (χ1) is 19.0. The predicted molar refractivity (Wildman–Crippen MR) is 170 cm³/mol. The third-order valence-corrected chi connectivity index (χ3v) is 8.13. The van der Waals surface area contributed by atoms with Crippen LogP contribution in [0.3, 0.4) is 0 Å². The van der Waals surface area contributed by atoms with Crippen molar-refractivity contribution in [3.8, 4) is 11.1 Å². The zero-order chi connectivity index (χ0) is 27.1. The number of benzene rings is 5. The second-order valence-electron chi connectivity index (χ2n) is 10.8. The molecule has 0 amide bonds. The van der Waals surface area contributed by atoms with E-state index in [-0.39, 0.29) is 5.41 Å². The number of hydrogen-bond acceptors (Lipinski definition) is 2. The molecule has 6 rings (SSSR count). The third kappa shape index (κ3) is 3.95. The highest BCUT2D eigenvalue weighted by atomic mass is 15.1. The first kappa shape index (κ1) is 24.8. The maximum absolute atomic E-state index is 4.14. The van der Waals surface area contributed by atoms with Crippen LogP contribution in [0, 0.1) is 0 Å². The number of likely N-dealkylation sites (N-methyl/N-ethyl adjacent to an activating group) is 1. The lowest BCUT2D eigenvalue weighted by Gasteiger charge is -2.28. The van der Waals surface area contributed by atoms with Gasteiger partial charge in [0.05, 0.1) is 11.4 Å². The molecule has 39 heavy (non-hydrogen) atoms. The van der Waals surface area contributed by atoms with Gasteiger partial charge in [-0.1, -0.05) is 99.3 Å². The lowest BCUT2D eigenvalue weighted by Crippen LogP contribution is -2.17. The van der Waals surface area contributed by atoms with Gasteiger partial charge >= 0.3 is 0 Å². The van der Waals surface area contributed by atoms with Crippen LogP contribution in [0.5, 0.6) is 0 Å². The maximum Gasteiger partial charge on any atom is 0.0569 e. The number of anilines is 3. The van der Waals surface area contributed by atoms with Crippen molar-refractivity contribution >= 4 is 38.6 Å². The van der Waals surface area contributed by atoms with Gasteiger partial charge in [-0.3, -0.25) is 0 Å². The smallest absolute Gasteiger partial charge is 0.0569 e. The molecule has 0 atom stereocenters. The quantitative estimate of drug-likeness (QED) is 0.140. The van der Waals surface area contributed by atoms with Crippen LogP contribution in [-0.4, -0.2) is 7.05 Å². The van der Waals surface area contributed by atoms with Crippen molar-refractivity contribution in [1.82, 2.24) is 0 Å². The third-order valence-electron chi connectivity index (χ3n) is 8.13. The molecule has 0 fully saturated rings. The number of hydrogen-bond donors (Lipinski definition) is 1. The molecule has 2 nitrogen and oxygen atoms in total. The van der Waals surface area contributed by atoms with Crippen LogP contribution in [0.1, 0.15) is 31.9 Å². The number of rotatable bonds is 6. The summed E-state index contributed by atoms with van der Waals surface area (Å²) in [4.78, 5) is 2.28. The van der Waals surface area contributed by atoms with Gasteiger partial charge in [-0.15, -0.1) is 0 Å². The Morgan fingerprint density at radius 1 is 0.769 bits per heavy atom. The van der Waals surface area contributed by atoms with E-state index < -0.39 is 0 Å². The minimum absolute atomic E-state index is 0.0834. The molecule has 1 N–H and O–H groups in total. The number of allylic oxidation sites excluding steroid dienone is 4. The van der Waals surface area contributed by atoms with Crippen LogP contribution in [0.15, 0.2) is 128 Å². The van der Waals surface area contributed by atoms with E-state index in [0.717, 1.165) is 17.1 Å². The van der Waals surface area contributed by atoms with Gasteiger partial charge < -0.3 is 10.2 Å². The molecular formula is C37H34N2. The van der Waals surface area contributed by atoms with Crippen molar-refractivity contribution in [2.24, 2.45) is 0 Å². The van der Waals surface area contributed by atoms with Gasteiger partial charge in [-0.05, 0) is 65.6 Å². The van der Waals surface area contributed by atoms with E-state index in [1.807, 2.05) is 19.1 Å². The van der Waals surface area contributed by atoms with Crippen molar-refractivity contribution in [2.45, 2.75) is 26.2 Å². The van der Waals surface area contributed by atoms with Crippen molar-refractivity contribution in [1.29, 1.82) is 0 Å². The largest absolute Gasteiger partial charge is 0.355 e. The molecule has 0 unspecified atom stereocenters. The molecule has 0 bridgehead atoms. The summed E-state index contributed by atoms with van der Waals surface area (Å²) in [6, 6.07) is 32.9. The van der Waals surface area contributed by atoms with Crippen molar-refractivity contribution in [3.05, 3.63) is 139 Å². The summed E-state index contributed by atoms with van der Waals surface area (Å²) in [5.74, 6) is 0. The van der Waals surface area contributed by atoms with E-state index in [1.165, 1.54) is 49.5 Å². The van der Waals surface area contributed by atoms with Crippen LogP contribution in [0.2, 0.25) is 0 Å². The molecule has 5 aromatic carbocycles. The van der Waals surface area contributed by atoms with E-state index in [4.69, 9.17) is 0 Å². The molecule has 0 heterocycles. The Hall–Kier alpha value is -4.56. The Balaban J connectivity index is 1.75. The second-order valence-corrected chi connectivity index (χ2v) is 10.8. The van der Waals surface area contributed by atoms with E-state index >= 15 is 0 Å². The van der Waals surface area contributed by atoms with E-state index in [9.17, 15) is 0 Å². The molecule has 1 aliphatic rings. The maximum atomic E-state index is 4.14. The van der Waals surface area contributed by atoms with Crippen molar-refractivity contribution < 1.29 is 0 Å². The predicted octanol–water partition coefficient (Wildman–Crippen LogP) is 10.1. The normalized spacial score (nSPS) is 14.0. The van der Waals surface area contributed by atoms with E-state index in [1.54, 1.807) is 0 Å². The first-order valence-corrected chi connectivity index (χ1v) is 13.6. The second kappa shape index (κ2) is 9.63. The van der Waals surface area contributed by atoms with Crippen molar-refractivity contribution in [3.63, 3.8) is 0 Å². The summed E-state index contributed by atoms with van der Waals surface area (Å²) < 4.78 is 0.